The molecule has 6 heteroatoms. The smallest absolute Gasteiger partial charge is 0.188 e. The van der Waals surface area contributed by atoms with E-state index in [0.29, 0.717) is 24.1 Å². The molecule has 20 heavy (non-hydrogen) atoms. The van der Waals surface area contributed by atoms with E-state index in [2.05, 4.69) is 10.3 Å². The normalized spacial score (nSPS) is 13.1. The summed E-state index contributed by atoms with van der Waals surface area (Å²) in [5.74, 6) is 1.16. The van der Waals surface area contributed by atoms with Crippen molar-refractivity contribution in [2.24, 2.45) is 10.7 Å². The highest BCUT2D eigenvalue weighted by atomic mass is 35.5. The summed E-state index contributed by atoms with van der Waals surface area (Å²) in [4.78, 5) is 4.26. The Labute approximate surface area is 125 Å². The van der Waals surface area contributed by atoms with E-state index in [9.17, 15) is 0 Å². The molecule has 0 bridgehead atoms. The zero-order valence-corrected chi connectivity index (χ0v) is 12.9. The maximum Gasteiger partial charge on any atom is 0.188 e. The number of methoxy groups -OCH3 is 2. The van der Waals surface area contributed by atoms with E-state index in [0.717, 1.165) is 17.7 Å². The molecule has 1 atom stereocenters. The number of hydrogen-bond acceptors (Lipinski definition) is 3. The number of rotatable bonds is 7. The van der Waals surface area contributed by atoms with E-state index >= 15 is 0 Å². The van der Waals surface area contributed by atoms with Gasteiger partial charge >= 0.3 is 0 Å². The summed E-state index contributed by atoms with van der Waals surface area (Å²) in [6, 6.07) is 5.75. The largest absolute Gasteiger partial charge is 0.497 e. The number of nitrogens with one attached hydrogen (secondary N) is 1. The molecule has 0 radical (unpaired) electrons. The molecule has 0 fully saturated rings. The lowest BCUT2D eigenvalue weighted by atomic mass is 10.1. The number of nitrogens with zero attached hydrogens (tertiary/aromatic N) is 1. The van der Waals surface area contributed by atoms with E-state index in [1.54, 1.807) is 20.3 Å². The predicted octanol–water partition coefficient (Wildman–Crippen LogP) is 1.83. The van der Waals surface area contributed by atoms with E-state index in [1.165, 1.54) is 0 Å². The maximum absolute atomic E-state index is 6.16. The lowest BCUT2D eigenvalue weighted by molar-refractivity contribution is 0.179. The average Bonchev–Trinajstić information content (AvgIpc) is 2.40. The molecular formula is C14H22ClN3O2. The molecule has 0 amide bonds. The van der Waals surface area contributed by atoms with Gasteiger partial charge in [-0.1, -0.05) is 17.7 Å². The lowest BCUT2D eigenvalue weighted by Crippen LogP contribution is -2.40. The van der Waals surface area contributed by atoms with Crippen LogP contribution in [0.25, 0.3) is 0 Å². The Morgan fingerprint density at radius 2 is 2.20 bits per heavy atom. The molecule has 5 nitrogen and oxygen atoms in total. The number of ether oxygens (including phenoxy) is 2. The second-order valence-corrected chi connectivity index (χ2v) is 4.88. The fourth-order valence-electron chi connectivity index (χ4n) is 1.74. The molecule has 0 saturated carbocycles. The lowest BCUT2D eigenvalue weighted by Gasteiger charge is -2.13. The fourth-order valence-corrected chi connectivity index (χ4v) is 2.01. The molecule has 3 N–H and O–H groups in total. The third kappa shape index (κ3) is 5.67. The minimum absolute atomic E-state index is 0.133. The summed E-state index contributed by atoms with van der Waals surface area (Å²) < 4.78 is 10.1. The summed E-state index contributed by atoms with van der Waals surface area (Å²) in [5.41, 5.74) is 6.81. The summed E-state index contributed by atoms with van der Waals surface area (Å²) >= 11 is 6.16. The summed E-state index contributed by atoms with van der Waals surface area (Å²) in [7, 11) is 3.26. The second kappa shape index (κ2) is 8.66. The zero-order valence-electron chi connectivity index (χ0n) is 12.1. The van der Waals surface area contributed by atoms with Crippen molar-refractivity contribution in [1.29, 1.82) is 0 Å². The number of guanidine groups is 1. The van der Waals surface area contributed by atoms with Crippen LogP contribution in [0.4, 0.5) is 0 Å². The Balaban J connectivity index is 2.47. The van der Waals surface area contributed by atoms with Crippen LogP contribution in [-0.2, 0) is 11.2 Å². The van der Waals surface area contributed by atoms with Gasteiger partial charge in [0, 0.05) is 24.7 Å². The van der Waals surface area contributed by atoms with Gasteiger partial charge in [0.2, 0.25) is 0 Å². The van der Waals surface area contributed by atoms with E-state index in [4.69, 9.17) is 26.8 Å². The second-order valence-electron chi connectivity index (χ2n) is 4.48. The van der Waals surface area contributed by atoms with Crippen LogP contribution >= 0.6 is 11.6 Å². The number of aliphatic imine (C=N–C) groups is 1. The van der Waals surface area contributed by atoms with Crippen molar-refractivity contribution in [2.75, 3.05) is 27.4 Å². The SMILES string of the molecule is COCC(C)NC(N)=NCCc1ccc(OC)cc1Cl. The number of hydrogen-bond donors (Lipinski definition) is 2. The number of nitrogens with two attached hydrogens (primary N) is 1. The molecule has 0 heterocycles. The molecule has 0 spiro atoms. The van der Waals surface area contributed by atoms with Crippen molar-refractivity contribution in [2.45, 2.75) is 19.4 Å². The van der Waals surface area contributed by atoms with Gasteiger partial charge in [-0.15, -0.1) is 0 Å². The van der Waals surface area contributed by atoms with E-state index in [1.807, 2.05) is 19.1 Å². The topological polar surface area (TPSA) is 68.9 Å². The summed E-state index contributed by atoms with van der Waals surface area (Å²) in [5, 5.41) is 3.73. The molecule has 1 rings (SSSR count). The van der Waals surface area contributed by atoms with Gasteiger partial charge < -0.3 is 20.5 Å². The van der Waals surface area contributed by atoms with E-state index in [-0.39, 0.29) is 6.04 Å². The van der Waals surface area contributed by atoms with Crippen molar-refractivity contribution in [3.05, 3.63) is 28.8 Å². The molecule has 0 aliphatic carbocycles. The molecule has 112 valence electrons. The highest BCUT2D eigenvalue weighted by Gasteiger charge is 2.03. The molecule has 0 aliphatic heterocycles. The van der Waals surface area contributed by atoms with Crippen LogP contribution in [0.15, 0.2) is 23.2 Å². The van der Waals surface area contributed by atoms with Crippen LogP contribution in [0.5, 0.6) is 5.75 Å². The summed E-state index contributed by atoms with van der Waals surface area (Å²) in [6.07, 6.45) is 0.726. The monoisotopic (exact) mass is 299 g/mol. The number of benzene rings is 1. The quantitative estimate of drug-likeness (QED) is 0.595. The maximum atomic E-state index is 6.16. The molecular weight excluding hydrogens is 278 g/mol. The van der Waals surface area contributed by atoms with Crippen LogP contribution in [0.2, 0.25) is 5.02 Å². The highest BCUT2D eigenvalue weighted by molar-refractivity contribution is 6.31. The van der Waals surface area contributed by atoms with Crippen LogP contribution < -0.4 is 15.8 Å². The minimum atomic E-state index is 0.133. The minimum Gasteiger partial charge on any atom is -0.497 e. The van der Waals surface area contributed by atoms with Crippen LogP contribution in [0.3, 0.4) is 0 Å². The van der Waals surface area contributed by atoms with Crippen molar-refractivity contribution in [1.82, 2.24) is 5.32 Å². The van der Waals surface area contributed by atoms with Crippen molar-refractivity contribution in [3.63, 3.8) is 0 Å². The summed E-state index contributed by atoms with van der Waals surface area (Å²) in [6.45, 7) is 3.14. The molecule has 0 aliphatic rings. The average molecular weight is 300 g/mol. The molecule has 0 aromatic heterocycles. The zero-order chi connectivity index (χ0) is 15.0. The first kappa shape index (κ1) is 16.6. The van der Waals surface area contributed by atoms with Gasteiger partial charge in [0.25, 0.3) is 0 Å². The van der Waals surface area contributed by atoms with Crippen LogP contribution in [0, 0.1) is 0 Å². The van der Waals surface area contributed by atoms with Gasteiger partial charge in [0.15, 0.2) is 5.96 Å². The van der Waals surface area contributed by atoms with Crippen molar-refractivity contribution < 1.29 is 9.47 Å². The highest BCUT2D eigenvalue weighted by Crippen LogP contribution is 2.22. The third-order valence-corrected chi connectivity index (χ3v) is 3.09. The van der Waals surface area contributed by atoms with Gasteiger partial charge in [0.1, 0.15) is 5.75 Å². The standard InChI is InChI=1S/C14H22ClN3O2/c1-10(9-19-2)18-14(16)17-7-6-11-4-5-12(20-3)8-13(11)15/h4-5,8,10H,6-7,9H2,1-3H3,(H3,16,17,18). The first-order valence-corrected chi connectivity index (χ1v) is 6.82. The molecule has 1 aromatic carbocycles. The van der Waals surface area contributed by atoms with Crippen LogP contribution in [-0.4, -0.2) is 39.4 Å². The first-order valence-electron chi connectivity index (χ1n) is 6.44. The Morgan fingerprint density at radius 3 is 2.80 bits per heavy atom. The van der Waals surface area contributed by atoms with E-state index < -0.39 is 0 Å². The Morgan fingerprint density at radius 1 is 1.45 bits per heavy atom. The van der Waals surface area contributed by atoms with Crippen molar-refractivity contribution >= 4 is 17.6 Å². The van der Waals surface area contributed by atoms with Crippen LogP contribution in [0.1, 0.15) is 12.5 Å². The Bertz CT molecular complexity index is 452. The van der Waals surface area contributed by atoms with Gasteiger partial charge in [-0.3, -0.25) is 4.99 Å². The third-order valence-electron chi connectivity index (χ3n) is 2.73. The molecule has 0 saturated heterocycles. The predicted molar refractivity (Wildman–Crippen MR) is 82.7 cm³/mol. The Hall–Kier alpha value is -1.46. The first-order chi connectivity index (χ1) is 9.56. The van der Waals surface area contributed by atoms with Gasteiger partial charge in [-0.25, -0.2) is 0 Å². The van der Waals surface area contributed by atoms with Crippen molar-refractivity contribution in [3.8, 4) is 5.75 Å². The molecule has 1 aromatic rings. The fraction of sp³-hybridized carbons (Fsp3) is 0.500. The van der Waals surface area contributed by atoms with Gasteiger partial charge in [-0.2, -0.15) is 0 Å². The number of halogens is 1. The Kier molecular flexibility index (Phi) is 7.18. The van der Waals surface area contributed by atoms with Gasteiger partial charge in [-0.05, 0) is 31.0 Å². The van der Waals surface area contributed by atoms with Gasteiger partial charge in [0.05, 0.1) is 13.7 Å². The molecule has 1 unspecified atom stereocenters.